The summed E-state index contributed by atoms with van der Waals surface area (Å²) in [6.45, 7) is 0.140. The number of rotatable bonds is 9. The molecule has 4 rings (SSSR count). The van der Waals surface area contributed by atoms with Crippen LogP contribution < -0.4 is 4.72 Å². The molecular weight excluding hydrogens is 458 g/mol. The summed E-state index contributed by atoms with van der Waals surface area (Å²) >= 11 is 5.62. The van der Waals surface area contributed by atoms with E-state index in [0.717, 1.165) is 36.6 Å². The van der Waals surface area contributed by atoms with Crippen molar-refractivity contribution in [1.82, 2.24) is 9.62 Å². The van der Waals surface area contributed by atoms with Crippen molar-refractivity contribution in [2.24, 2.45) is 5.92 Å². The lowest BCUT2D eigenvalue weighted by Crippen LogP contribution is -2.53. The van der Waals surface area contributed by atoms with E-state index < -0.39 is 40.0 Å². The molecule has 5 nitrogen and oxygen atoms in total. The molecule has 9 heteroatoms. The van der Waals surface area contributed by atoms with Gasteiger partial charge in [-0.05, 0) is 48.1 Å². The fourth-order valence-electron chi connectivity index (χ4n) is 4.18. The van der Waals surface area contributed by atoms with Gasteiger partial charge in [-0.15, -0.1) is 11.6 Å². The summed E-state index contributed by atoms with van der Waals surface area (Å²) in [4.78, 5) is 1.72. The first-order chi connectivity index (χ1) is 15.3. The quantitative estimate of drug-likeness (QED) is 0.535. The van der Waals surface area contributed by atoms with Gasteiger partial charge in [0.15, 0.2) is 0 Å². The molecule has 0 aromatic heterocycles. The summed E-state index contributed by atoms with van der Waals surface area (Å²) in [5.74, 6) is -1.40. The van der Waals surface area contributed by atoms with Crippen LogP contribution in [0.1, 0.15) is 30.0 Å². The summed E-state index contributed by atoms with van der Waals surface area (Å²) < 4.78 is 55.7. The molecule has 2 N–H and O–H groups in total. The molecule has 3 atom stereocenters. The number of nitrogens with one attached hydrogen (secondary N) is 1. The fourth-order valence-corrected chi connectivity index (χ4v) is 5.84. The molecule has 1 heterocycles. The van der Waals surface area contributed by atoms with Crippen LogP contribution in [0.25, 0.3) is 5.57 Å². The second-order valence-electron chi connectivity index (χ2n) is 8.25. The van der Waals surface area contributed by atoms with E-state index in [-0.39, 0.29) is 29.7 Å². The van der Waals surface area contributed by atoms with Crippen LogP contribution in [0.3, 0.4) is 0 Å². The zero-order valence-electron chi connectivity index (χ0n) is 17.3. The lowest BCUT2D eigenvalue weighted by Gasteiger charge is -2.35. The molecule has 0 radical (unpaired) electrons. The molecule has 1 saturated carbocycles. The normalized spacial score (nSPS) is 21.4. The highest BCUT2D eigenvalue weighted by Gasteiger charge is 2.43. The second kappa shape index (κ2) is 9.57. The number of halogens is 3. The van der Waals surface area contributed by atoms with Gasteiger partial charge in [0.25, 0.3) is 0 Å². The number of alkyl halides is 1. The first-order valence-corrected chi connectivity index (χ1v) is 12.7. The molecule has 0 amide bonds. The summed E-state index contributed by atoms with van der Waals surface area (Å²) in [5.41, 5.74) is 1.52. The maximum Gasteiger partial charge on any atom is 0.213 e. The Hall–Kier alpha value is -1.84. The van der Waals surface area contributed by atoms with Crippen LogP contribution in [-0.4, -0.2) is 48.9 Å². The van der Waals surface area contributed by atoms with E-state index in [4.69, 9.17) is 11.6 Å². The van der Waals surface area contributed by atoms with Gasteiger partial charge in [-0.1, -0.05) is 36.4 Å². The highest BCUT2D eigenvalue weighted by Crippen LogP contribution is 2.41. The summed E-state index contributed by atoms with van der Waals surface area (Å²) in [6, 6.07) is 11.5. The molecule has 172 valence electrons. The first-order valence-electron chi connectivity index (χ1n) is 10.5. The minimum absolute atomic E-state index is 0.00137. The van der Waals surface area contributed by atoms with E-state index in [9.17, 15) is 22.3 Å². The Balaban J connectivity index is 1.67. The largest absolute Gasteiger partial charge is 0.377 e. The first kappa shape index (κ1) is 23.3. The van der Waals surface area contributed by atoms with Gasteiger partial charge in [0, 0.05) is 18.0 Å². The van der Waals surface area contributed by atoms with Crippen LogP contribution in [0.15, 0.2) is 54.6 Å². The van der Waals surface area contributed by atoms with E-state index in [0.29, 0.717) is 5.57 Å². The Morgan fingerprint density at radius 1 is 1.16 bits per heavy atom. The molecule has 2 aromatic rings. The third-order valence-electron chi connectivity index (χ3n) is 5.94. The Labute approximate surface area is 191 Å². The molecule has 0 spiro atoms. The Bertz CT molecular complexity index is 1090. The van der Waals surface area contributed by atoms with Crippen LogP contribution in [0.5, 0.6) is 0 Å². The van der Waals surface area contributed by atoms with Crippen LogP contribution in [0.4, 0.5) is 8.78 Å². The van der Waals surface area contributed by atoms with Gasteiger partial charge in [-0.3, -0.25) is 4.90 Å². The number of aliphatic hydroxyl groups is 1. The van der Waals surface area contributed by atoms with Gasteiger partial charge in [0.1, 0.15) is 17.9 Å². The van der Waals surface area contributed by atoms with E-state index in [1.165, 1.54) is 0 Å². The zero-order chi connectivity index (χ0) is 22.9. The van der Waals surface area contributed by atoms with Crippen molar-refractivity contribution >= 4 is 27.2 Å². The summed E-state index contributed by atoms with van der Waals surface area (Å²) in [5, 5.41) is 11.3. The van der Waals surface area contributed by atoms with E-state index in [1.54, 1.807) is 11.0 Å². The number of nitrogens with zero attached hydrogens (tertiary/aromatic N) is 1. The second-order valence-corrected chi connectivity index (χ2v) is 10.5. The molecule has 32 heavy (non-hydrogen) atoms. The SMILES string of the molecule is O=S(=O)(CCCl)N[C@@H](C1CC1)C(O)N1CC(c2cc(F)ccc2F)=C[C@H]1c1ccccc1. The molecule has 0 saturated heterocycles. The Kier molecular flexibility index (Phi) is 6.97. The third kappa shape index (κ3) is 5.21. The summed E-state index contributed by atoms with van der Waals surface area (Å²) in [6.07, 6.45) is 2.23. The molecule has 0 bridgehead atoms. The molecule has 2 aliphatic rings. The molecular formula is C23H25ClF2N2O3S. The van der Waals surface area contributed by atoms with Gasteiger partial charge >= 0.3 is 0 Å². The van der Waals surface area contributed by atoms with Gasteiger partial charge in [0.05, 0.1) is 17.8 Å². The van der Waals surface area contributed by atoms with Crippen LogP contribution in [-0.2, 0) is 10.0 Å². The van der Waals surface area contributed by atoms with Gasteiger partial charge in [-0.25, -0.2) is 21.9 Å². The topological polar surface area (TPSA) is 69.6 Å². The highest BCUT2D eigenvalue weighted by atomic mass is 35.5. The molecule has 1 unspecified atom stereocenters. The van der Waals surface area contributed by atoms with Crippen molar-refractivity contribution in [2.75, 3.05) is 18.2 Å². The van der Waals surface area contributed by atoms with Crippen molar-refractivity contribution in [3.8, 4) is 0 Å². The van der Waals surface area contributed by atoms with Crippen molar-refractivity contribution < 1.29 is 22.3 Å². The predicted molar refractivity (Wildman–Crippen MR) is 120 cm³/mol. The minimum atomic E-state index is -3.67. The molecule has 1 fully saturated rings. The lowest BCUT2D eigenvalue weighted by molar-refractivity contribution is -0.0272. The average Bonchev–Trinajstić information content (AvgIpc) is 3.51. The minimum Gasteiger partial charge on any atom is -0.377 e. The zero-order valence-corrected chi connectivity index (χ0v) is 18.9. The van der Waals surface area contributed by atoms with Crippen molar-refractivity contribution in [3.05, 3.63) is 77.4 Å². The van der Waals surface area contributed by atoms with Gasteiger partial charge in [0.2, 0.25) is 10.0 Å². The standard InChI is InChI=1S/C23H25ClF2N2O3S/c24-10-11-32(30,31)27-22(16-6-7-16)23(29)28-14-17(19-13-18(25)8-9-20(19)26)12-21(28)15-4-2-1-3-5-15/h1-5,8-9,12-13,16,21-23,27,29H,6-7,10-11,14H2/t21-,22-,23?/m0/s1. The Morgan fingerprint density at radius 2 is 1.88 bits per heavy atom. The number of hydrogen-bond acceptors (Lipinski definition) is 4. The van der Waals surface area contributed by atoms with Crippen molar-refractivity contribution in [3.63, 3.8) is 0 Å². The smallest absolute Gasteiger partial charge is 0.213 e. The predicted octanol–water partition coefficient (Wildman–Crippen LogP) is 3.66. The average molecular weight is 483 g/mol. The van der Waals surface area contributed by atoms with Crippen molar-refractivity contribution in [1.29, 1.82) is 0 Å². The van der Waals surface area contributed by atoms with Gasteiger partial charge in [-0.2, -0.15) is 0 Å². The number of benzene rings is 2. The maximum atomic E-state index is 14.5. The fraction of sp³-hybridized carbons (Fsp3) is 0.391. The van der Waals surface area contributed by atoms with Crippen molar-refractivity contribution in [2.45, 2.75) is 31.2 Å². The van der Waals surface area contributed by atoms with E-state index in [2.05, 4.69) is 4.72 Å². The number of hydrogen-bond donors (Lipinski definition) is 2. The van der Waals surface area contributed by atoms with E-state index in [1.807, 2.05) is 30.3 Å². The monoisotopic (exact) mass is 482 g/mol. The van der Waals surface area contributed by atoms with Crippen LogP contribution in [0, 0.1) is 17.6 Å². The third-order valence-corrected chi connectivity index (χ3v) is 7.72. The number of aliphatic hydroxyl groups excluding tert-OH is 1. The molecule has 1 aliphatic carbocycles. The van der Waals surface area contributed by atoms with E-state index >= 15 is 0 Å². The number of sulfonamides is 1. The highest BCUT2D eigenvalue weighted by molar-refractivity contribution is 7.89. The van der Waals surface area contributed by atoms with Gasteiger partial charge < -0.3 is 5.11 Å². The van der Waals surface area contributed by atoms with Crippen LogP contribution >= 0.6 is 11.6 Å². The summed E-state index contributed by atoms with van der Waals surface area (Å²) in [7, 11) is -3.67. The lowest BCUT2D eigenvalue weighted by atomic mass is 10.0. The molecule has 2 aromatic carbocycles. The van der Waals surface area contributed by atoms with Crippen LogP contribution in [0.2, 0.25) is 0 Å². The Morgan fingerprint density at radius 3 is 2.53 bits per heavy atom. The maximum absolute atomic E-state index is 14.5. The molecule has 1 aliphatic heterocycles.